The molecular formula is C11H18N2O5S. The number of nitrogens with one attached hydrogen (secondary N) is 1. The molecule has 1 heterocycles. The van der Waals surface area contributed by atoms with E-state index in [1.54, 1.807) is 0 Å². The minimum absolute atomic E-state index is 0.104. The maximum atomic E-state index is 11.8. The number of hydrogen-bond acceptors (Lipinski definition) is 5. The van der Waals surface area contributed by atoms with Crippen LogP contribution in [0.3, 0.4) is 0 Å². The minimum atomic E-state index is -3.69. The van der Waals surface area contributed by atoms with Crippen LogP contribution in [0.5, 0.6) is 0 Å². The lowest BCUT2D eigenvalue weighted by atomic mass is 10.2. The van der Waals surface area contributed by atoms with Gasteiger partial charge in [0.1, 0.15) is 0 Å². The van der Waals surface area contributed by atoms with Gasteiger partial charge in [-0.25, -0.2) is 12.7 Å². The molecule has 1 aromatic heterocycles. The summed E-state index contributed by atoms with van der Waals surface area (Å²) >= 11 is 0. The van der Waals surface area contributed by atoms with Crippen LogP contribution in [-0.4, -0.2) is 50.5 Å². The lowest BCUT2D eigenvalue weighted by molar-refractivity contribution is 0.0881. The van der Waals surface area contributed by atoms with Gasteiger partial charge in [0.25, 0.3) is 15.9 Å². The quantitative estimate of drug-likeness (QED) is 0.770. The molecule has 0 spiro atoms. The standard InChI is InChI=1S/C11H18N2O5S/c1-4-8(7-14)12-11(15)9-5-6-10(18-9)19(16,17)13(2)3/h5-6,8,14H,4,7H2,1-3H3,(H,12,15). The smallest absolute Gasteiger partial charge is 0.287 e. The molecule has 0 saturated carbocycles. The number of nitrogens with zero attached hydrogens (tertiary/aromatic N) is 1. The van der Waals surface area contributed by atoms with Crippen molar-refractivity contribution in [3.8, 4) is 0 Å². The molecule has 0 saturated heterocycles. The summed E-state index contributed by atoms with van der Waals surface area (Å²) in [4.78, 5) is 11.8. The van der Waals surface area contributed by atoms with Crippen LogP contribution in [0, 0.1) is 0 Å². The lowest BCUT2D eigenvalue weighted by Crippen LogP contribution is -2.36. The largest absolute Gasteiger partial charge is 0.438 e. The molecule has 1 rings (SSSR count). The van der Waals surface area contributed by atoms with Crippen molar-refractivity contribution in [3.63, 3.8) is 0 Å². The molecule has 7 nitrogen and oxygen atoms in total. The average molecular weight is 290 g/mol. The van der Waals surface area contributed by atoms with Gasteiger partial charge in [-0.3, -0.25) is 4.79 Å². The summed E-state index contributed by atoms with van der Waals surface area (Å²) in [5, 5.41) is 11.2. The van der Waals surface area contributed by atoms with E-state index in [4.69, 9.17) is 9.52 Å². The van der Waals surface area contributed by atoms with Gasteiger partial charge in [-0.2, -0.15) is 0 Å². The Balaban J connectivity index is 2.89. The van der Waals surface area contributed by atoms with Crippen molar-refractivity contribution in [2.75, 3.05) is 20.7 Å². The maximum absolute atomic E-state index is 11.8. The fourth-order valence-corrected chi connectivity index (χ4v) is 2.09. The molecule has 0 radical (unpaired) electrons. The summed E-state index contributed by atoms with van der Waals surface area (Å²) in [5.41, 5.74) is 0. The molecule has 108 valence electrons. The van der Waals surface area contributed by atoms with Crippen molar-refractivity contribution < 1.29 is 22.7 Å². The van der Waals surface area contributed by atoms with Gasteiger partial charge in [0, 0.05) is 14.1 Å². The predicted molar refractivity (Wildman–Crippen MR) is 68.2 cm³/mol. The maximum Gasteiger partial charge on any atom is 0.287 e. The number of aliphatic hydroxyl groups excluding tert-OH is 1. The number of hydrogen-bond donors (Lipinski definition) is 2. The van der Waals surface area contributed by atoms with Crippen molar-refractivity contribution in [2.45, 2.75) is 24.5 Å². The fourth-order valence-electron chi connectivity index (χ4n) is 1.29. The second-order valence-electron chi connectivity index (χ2n) is 4.17. The highest BCUT2D eigenvalue weighted by atomic mass is 32.2. The van der Waals surface area contributed by atoms with Gasteiger partial charge >= 0.3 is 0 Å². The number of sulfonamides is 1. The second kappa shape index (κ2) is 6.18. The Morgan fingerprint density at radius 2 is 2.11 bits per heavy atom. The molecule has 0 bridgehead atoms. The van der Waals surface area contributed by atoms with Gasteiger partial charge in [-0.05, 0) is 18.6 Å². The number of carbonyl (C=O) groups excluding carboxylic acids is 1. The van der Waals surface area contributed by atoms with E-state index in [1.807, 2.05) is 6.92 Å². The van der Waals surface area contributed by atoms with Gasteiger partial charge in [-0.15, -0.1) is 0 Å². The van der Waals surface area contributed by atoms with Crippen molar-refractivity contribution >= 4 is 15.9 Å². The summed E-state index contributed by atoms with van der Waals surface area (Å²) in [6.45, 7) is 1.62. The lowest BCUT2D eigenvalue weighted by Gasteiger charge is -2.12. The molecule has 2 N–H and O–H groups in total. The first-order valence-corrected chi connectivity index (χ1v) is 7.21. The first-order valence-electron chi connectivity index (χ1n) is 5.77. The second-order valence-corrected chi connectivity index (χ2v) is 6.25. The number of amides is 1. The zero-order chi connectivity index (χ0) is 14.6. The predicted octanol–water partition coefficient (Wildman–Crippen LogP) is 0.0306. The summed E-state index contributed by atoms with van der Waals surface area (Å²) in [6, 6.07) is 2.13. The third-order valence-electron chi connectivity index (χ3n) is 2.59. The van der Waals surface area contributed by atoms with Crippen LogP contribution < -0.4 is 5.32 Å². The molecule has 1 aromatic rings. The van der Waals surface area contributed by atoms with Crippen LogP contribution in [0.1, 0.15) is 23.9 Å². The van der Waals surface area contributed by atoms with Crippen LogP contribution in [0.4, 0.5) is 0 Å². The summed E-state index contributed by atoms with van der Waals surface area (Å²) in [5.74, 6) is -0.659. The van der Waals surface area contributed by atoms with E-state index in [0.29, 0.717) is 6.42 Å². The van der Waals surface area contributed by atoms with Crippen molar-refractivity contribution in [3.05, 3.63) is 17.9 Å². The summed E-state index contributed by atoms with van der Waals surface area (Å²) < 4.78 is 29.6. The SMILES string of the molecule is CCC(CO)NC(=O)c1ccc(S(=O)(=O)N(C)C)o1. The molecule has 1 unspecified atom stereocenters. The van der Waals surface area contributed by atoms with Crippen LogP contribution in [0.2, 0.25) is 0 Å². The van der Waals surface area contributed by atoms with Crippen LogP contribution in [0.25, 0.3) is 0 Å². The Bertz CT molecular complexity index is 531. The first-order chi connectivity index (χ1) is 8.82. The van der Waals surface area contributed by atoms with E-state index < -0.39 is 15.9 Å². The molecule has 0 aliphatic heterocycles. The molecule has 0 fully saturated rings. The van der Waals surface area contributed by atoms with E-state index in [0.717, 1.165) is 4.31 Å². The zero-order valence-electron chi connectivity index (χ0n) is 11.1. The van der Waals surface area contributed by atoms with E-state index in [-0.39, 0.29) is 23.5 Å². The highest BCUT2D eigenvalue weighted by molar-refractivity contribution is 7.88. The zero-order valence-corrected chi connectivity index (χ0v) is 11.9. The number of furan rings is 1. The Morgan fingerprint density at radius 1 is 1.47 bits per heavy atom. The van der Waals surface area contributed by atoms with Crippen molar-refractivity contribution in [1.29, 1.82) is 0 Å². The first kappa shape index (κ1) is 15.7. The summed E-state index contributed by atoms with van der Waals surface area (Å²) in [7, 11) is -0.949. The van der Waals surface area contributed by atoms with E-state index >= 15 is 0 Å². The van der Waals surface area contributed by atoms with E-state index in [1.165, 1.54) is 26.2 Å². The molecule has 0 aliphatic carbocycles. The van der Waals surface area contributed by atoms with Gasteiger partial charge in [-0.1, -0.05) is 6.92 Å². The highest BCUT2D eigenvalue weighted by Crippen LogP contribution is 2.16. The van der Waals surface area contributed by atoms with Gasteiger partial charge in [0.2, 0.25) is 5.09 Å². The Kier molecular flexibility index (Phi) is 5.10. The van der Waals surface area contributed by atoms with Crippen molar-refractivity contribution in [2.24, 2.45) is 0 Å². The van der Waals surface area contributed by atoms with E-state index in [2.05, 4.69) is 5.32 Å². The molecular weight excluding hydrogens is 272 g/mol. The number of carbonyl (C=O) groups is 1. The molecule has 0 aliphatic rings. The minimum Gasteiger partial charge on any atom is -0.438 e. The molecule has 19 heavy (non-hydrogen) atoms. The third-order valence-corrected chi connectivity index (χ3v) is 4.28. The Morgan fingerprint density at radius 3 is 2.58 bits per heavy atom. The van der Waals surface area contributed by atoms with Gasteiger partial charge < -0.3 is 14.8 Å². The molecule has 1 amide bonds. The van der Waals surface area contributed by atoms with Crippen LogP contribution in [0.15, 0.2) is 21.6 Å². The van der Waals surface area contributed by atoms with Crippen LogP contribution >= 0.6 is 0 Å². The summed E-state index contributed by atoms with van der Waals surface area (Å²) in [6.07, 6.45) is 0.561. The Labute approximate surface area is 112 Å². The van der Waals surface area contributed by atoms with Crippen molar-refractivity contribution in [1.82, 2.24) is 9.62 Å². The topological polar surface area (TPSA) is 99.8 Å². The molecule has 8 heteroatoms. The molecule has 0 aromatic carbocycles. The normalized spacial score (nSPS) is 13.5. The average Bonchev–Trinajstić information content (AvgIpc) is 2.85. The van der Waals surface area contributed by atoms with Gasteiger partial charge in [0.15, 0.2) is 5.76 Å². The van der Waals surface area contributed by atoms with Crippen LogP contribution in [-0.2, 0) is 10.0 Å². The third kappa shape index (κ3) is 3.55. The fraction of sp³-hybridized carbons (Fsp3) is 0.545. The Hall–Kier alpha value is -1.38. The number of aliphatic hydroxyl groups is 1. The highest BCUT2D eigenvalue weighted by Gasteiger charge is 2.23. The van der Waals surface area contributed by atoms with Gasteiger partial charge in [0.05, 0.1) is 12.6 Å². The van der Waals surface area contributed by atoms with E-state index in [9.17, 15) is 13.2 Å². The number of rotatable bonds is 6. The monoisotopic (exact) mass is 290 g/mol. The molecule has 1 atom stereocenters.